The van der Waals surface area contributed by atoms with Crippen LogP contribution in [-0.4, -0.2) is 10.1 Å². The zero-order valence-corrected chi connectivity index (χ0v) is 11.7. The Kier molecular flexibility index (Phi) is 4.20. The van der Waals surface area contributed by atoms with Crippen molar-refractivity contribution in [2.45, 2.75) is 22.9 Å². The number of halogens is 1. The SMILES string of the molecule is C[C@H](O)c1ccc(Sc2cccc(Br)c2)nc1. The summed E-state index contributed by atoms with van der Waals surface area (Å²) in [6.45, 7) is 1.73. The third-order valence-corrected chi connectivity index (χ3v) is 3.69. The minimum absolute atomic E-state index is 0.465. The summed E-state index contributed by atoms with van der Waals surface area (Å²) in [5, 5.41) is 10.3. The average Bonchev–Trinajstić information content (AvgIpc) is 2.29. The van der Waals surface area contributed by atoms with E-state index in [2.05, 4.69) is 27.0 Å². The van der Waals surface area contributed by atoms with Crippen molar-refractivity contribution >= 4 is 27.7 Å². The smallest absolute Gasteiger partial charge is 0.101 e. The van der Waals surface area contributed by atoms with Crippen LogP contribution in [0.1, 0.15) is 18.6 Å². The lowest BCUT2D eigenvalue weighted by Crippen LogP contribution is -1.92. The van der Waals surface area contributed by atoms with Gasteiger partial charge in [-0.15, -0.1) is 0 Å². The summed E-state index contributed by atoms with van der Waals surface area (Å²) in [6, 6.07) is 11.9. The molecule has 1 atom stereocenters. The third kappa shape index (κ3) is 3.56. The van der Waals surface area contributed by atoms with Crippen molar-refractivity contribution in [2.24, 2.45) is 0 Å². The molecular formula is C13H12BrNOS. The largest absolute Gasteiger partial charge is 0.389 e. The Bertz CT molecular complexity index is 499. The number of rotatable bonds is 3. The maximum atomic E-state index is 9.39. The molecule has 0 aliphatic carbocycles. The van der Waals surface area contributed by atoms with Crippen molar-refractivity contribution in [3.8, 4) is 0 Å². The predicted octanol–water partition coefficient (Wildman–Crippen LogP) is 4.05. The van der Waals surface area contributed by atoms with E-state index in [1.165, 1.54) is 0 Å². The average molecular weight is 310 g/mol. The summed E-state index contributed by atoms with van der Waals surface area (Å²) in [6.07, 6.45) is 1.25. The fourth-order valence-corrected chi connectivity index (χ4v) is 2.72. The van der Waals surface area contributed by atoms with Gasteiger partial charge in [-0.3, -0.25) is 0 Å². The van der Waals surface area contributed by atoms with Gasteiger partial charge in [0.25, 0.3) is 0 Å². The van der Waals surface area contributed by atoms with Crippen LogP contribution < -0.4 is 0 Å². The Balaban J connectivity index is 2.14. The van der Waals surface area contributed by atoms with E-state index in [4.69, 9.17) is 0 Å². The molecule has 17 heavy (non-hydrogen) atoms. The van der Waals surface area contributed by atoms with Crippen LogP contribution in [0, 0.1) is 0 Å². The van der Waals surface area contributed by atoms with E-state index in [-0.39, 0.29) is 0 Å². The summed E-state index contributed by atoms with van der Waals surface area (Å²) in [7, 11) is 0. The Morgan fingerprint density at radius 1 is 1.29 bits per heavy atom. The van der Waals surface area contributed by atoms with E-state index in [1.54, 1.807) is 24.9 Å². The van der Waals surface area contributed by atoms with E-state index in [0.29, 0.717) is 0 Å². The van der Waals surface area contributed by atoms with Crippen molar-refractivity contribution in [3.05, 3.63) is 52.6 Å². The zero-order valence-electron chi connectivity index (χ0n) is 9.30. The second kappa shape index (κ2) is 5.67. The summed E-state index contributed by atoms with van der Waals surface area (Å²) < 4.78 is 1.06. The van der Waals surface area contributed by atoms with Gasteiger partial charge in [0.2, 0.25) is 0 Å². The van der Waals surface area contributed by atoms with Gasteiger partial charge < -0.3 is 5.11 Å². The van der Waals surface area contributed by atoms with Crippen LogP contribution in [0.2, 0.25) is 0 Å². The third-order valence-electron chi connectivity index (χ3n) is 2.26. The lowest BCUT2D eigenvalue weighted by molar-refractivity contribution is 0.198. The first-order valence-corrected chi connectivity index (χ1v) is 6.83. The van der Waals surface area contributed by atoms with E-state index in [9.17, 15) is 5.11 Å². The van der Waals surface area contributed by atoms with E-state index in [1.807, 2.05) is 30.3 Å². The van der Waals surface area contributed by atoms with Crippen LogP contribution >= 0.6 is 27.7 Å². The Morgan fingerprint density at radius 3 is 2.71 bits per heavy atom. The highest BCUT2D eigenvalue weighted by Crippen LogP contribution is 2.28. The molecule has 0 spiro atoms. The van der Waals surface area contributed by atoms with Crippen LogP contribution in [0.5, 0.6) is 0 Å². The van der Waals surface area contributed by atoms with Crippen LogP contribution in [0.15, 0.2) is 57.0 Å². The molecule has 2 rings (SSSR count). The van der Waals surface area contributed by atoms with Crippen molar-refractivity contribution in [1.82, 2.24) is 4.98 Å². The number of hydrogen-bond acceptors (Lipinski definition) is 3. The summed E-state index contributed by atoms with van der Waals surface area (Å²) in [5.74, 6) is 0. The van der Waals surface area contributed by atoms with Gasteiger partial charge in [0, 0.05) is 15.6 Å². The molecule has 1 aromatic heterocycles. The number of aliphatic hydroxyl groups is 1. The molecule has 0 unspecified atom stereocenters. The van der Waals surface area contributed by atoms with Gasteiger partial charge in [-0.25, -0.2) is 4.98 Å². The molecule has 0 saturated carbocycles. The number of aromatic nitrogens is 1. The number of hydrogen-bond donors (Lipinski definition) is 1. The fourth-order valence-electron chi connectivity index (χ4n) is 1.35. The highest BCUT2D eigenvalue weighted by atomic mass is 79.9. The minimum Gasteiger partial charge on any atom is -0.389 e. The van der Waals surface area contributed by atoms with E-state index >= 15 is 0 Å². The Labute approximate surface area is 113 Å². The maximum Gasteiger partial charge on any atom is 0.101 e. The van der Waals surface area contributed by atoms with Crippen molar-refractivity contribution in [1.29, 1.82) is 0 Å². The Hall–Kier alpha value is -0.840. The molecule has 88 valence electrons. The van der Waals surface area contributed by atoms with Gasteiger partial charge in [-0.05, 0) is 36.8 Å². The fraction of sp³-hybridized carbons (Fsp3) is 0.154. The summed E-state index contributed by atoms with van der Waals surface area (Å²) >= 11 is 5.04. The molecule has 0 aliphatic rings. The molecule has 0 fully saturated rings. The van der Waals surface area contributed by atoms with Crippen LogP contribution in [-0.2, 0) is 0 Å². The van der Waals surface area contributed by atoms with Gasteiger partial charge in [0.15, 0.2) is 0 Å². The quantitative estimate of drug-likeness (QED) is 0.928. The first-order valence-electron chi connectivity index (χ1n) is 5.22. The highest BCUT2D eigenvalue weighted by Gasteiger charge is 2.03. The first kappa shape index (κ1) is 12.6. The predicted molar refractivity (Wildman–Crippen MR) is 73.1 cm³/mol. The molecule has 0 amide bonds. The Morgan fingerprint density at radius 2 is 2.12 bits per heavy atom. The van der Waals surface area contributed by atoms with Crippen LogP contribution in [0.25, 0.3) is 0 Å². The first-order chi connectivity index (χ1) is 8.15. The number of pyridine rings is 1. The number of nitrogens with zero attached hydrogens (tertiary/aromatic N) is 1. The molecule has 2 aromatic rings. The maximum absolute atomic E-state index is 9.39. The normalized spacial score (nSPS) is 12.4. The molecule has 0 bridgehead atoms. The topological polar surface area (TPSA) is 33.1 Å². The van der Waals surface area contributed by atoms with Gasteiger partial charge in [0.05, 0.1) is 6.10 Å². The van der Waals surface area contributed by atoms with Crippen LogP contribution in [0.4, 0.5) is 0 Å². The molecule has 0 aliphatic heterocycles. The van der Waals surface area contributed by atoms with E-state index in [0.717, 1.165) is 20.0 Å². The van der Waals surface area contributed by atoms with Gasteiger partial charge in [-0.2, -0.15) is 0 Å². The molecule has 0 radical (unpaired) electrons. The second-order valence-electron chi connectivity index (χ2n) is 3.67. The minimum atomic E-state index is -0.465. The van der Waals surface area contributed by atoms with Crippen LogP contribution in [0.3, 0.4) is 0 Å². The lowest BCUT2D eigenvalue weighted by Gasteiger charge is -2.05. The number of aliphatic hydroxyl groups excluding tert-OH is 1. The molecule has 1 aromatic carbocycles. The highest BCUT2D eigenvalue weighted by molar-refractivity contribution is 9.10. The van der Waals surface area contributed by atoms with Crippen molar-refractivity contribution < 1.29 is 5.11 Å². The lowest BCUT2D eigenvalue weighted by atomic mass is 10.2. The molecule has 1 heterocycles. The zero-order chi connectivity index (χ0) is 12.3. The van der Waals surface area contributed by atoms with Gasteiger partial charge in [0.1, 0.15) is 5.03 Å². The molecular weight excluding hydrogens is 298 g/mol. The monoisotopic (exact) mass is 309 g/mol. The molecule has 0 saturated heterocycles. The second-order valence-corrected chi connectivity index (χ2v) is 5.67. The van der Waals surface area contributed by atoms with Gasteiger partial charge >= 0.3 is 0 Å². The molecule has 4 heteroatoms. The standard InChI is InChI=1S/C13H12BrNOS/c1-9(16)10-5-6-13(15-8-10)17-12-4-2-3-11(14)7-12/h2-9,16H,1H3/t9-/m0/s1. The summed E-state index contributed by atoms with van der Waals surface area (Å²) in [5.41, 5.74) is 0.837. The molecule has 1 N–H and O–H groups in total. The molecule has 2 nitrogen and oxygen atoms in total. The number of benzene rings is 1. The van der Waals surface area contributed by atoms with E-state index < -0.39 is 6.10 Å². The van der Waals surface area contributed by atoms with Crippen molar-refractivity contribution in [2.75, 3.05) is 0 Å². The summed E-state index contributed by atoms with van der Waals surface area (Å²) in [4.78, 5) is 5.45. The van der Waals surface area contributed by atoms with Gasteiger partial charge in [-0.1, -0.05) is 39.8 Å². The van der Waals surface area contributed by atoms with Crippen molar-refractivity contribution in [3.63, 3.8) is 0 Å².